The van der Waals surface area contributed by atoms with E-state index in [4.69, 9.17) is 9.15 Å². The maximum atomic E-state index is 12.9. The number of alkyl carbamates (subject to hydrolysis) is 1. The van der Waals surface area contributed by atoms with Gasteiger partial charge in [0.15, 0.2) is 5.37 Å². The average Bonchev–Trinajstić information content (AvgIpc) is 2.97. The van der Waals surface area contributed by atoms with E-state index in [9.17, 15) is 13.2 Å². The highest BCUT2D eigenvalue weighted by Crippen LogP contribution is 2.27. The van der Waals surface area contributed by atoms with E-state index in [2.05, 4.69) is 5.32 Å². The van der Waals surface area contributed by atoms with Crippen LogP contribution < -0.4 is 5.32 Å². The van der Waals surface area contributed by atoms with Crippen LogP contribution in [0, 0.1) is 6.92 Å². The van der Waals surface area contributed by atoms with Crippen molar-refractivity contribution in [2.24, 2.45) is 0 Å². The number of carbonyl (C=O) groups excluding carboxylic acids is 1. The molecule has 1 heterocycles. The second kappa shape index (κ2) is 6.68. The third kappa shape index (κ3) is 4.38. The standard InChI is InChI=1S/C17H21NO5S/c1-12-7-9-13(10-8-12)24(20,21)15(14-6-5-11-22-14)18-16(19)23-17(2,3)4/h5-11,15H,1-4H3,(H,18,19). The molecule has 0 spiro atoms. The minimum Gasteiger partial charge on any atom is -0.466 e. The third-order valence-corrected chi connectivity index (χ3v) is 5.01. The molecule has 7 heteroatoms. The lowest BCUT2D eigenvalue weighted by Gasteiger charge is -2.23. The van der Waals surface area contributed by atoms with Crippen LogP contribution in [-0.4, -0.2) is 20.1 Å². The van der Waals surface area contributed by atoms with Crippen molar-refractivity contribution in [3.63, 3.8) is 0 Å². The lowest BCUT2D eigenvalue weighted by atomic mass is 10.2. The fourth-order valence-electron chi connectivity index (χ4n) is 2.02. The van der Waals surface area contributed by atoms with Crippen molar-refractivity contribution in [2.45, 2.75) is 43.6 Å². The van der Waals surface area contributed by atoms with Gasteiger partial charge >= 0.3 is 6.09 Å². The molecular formula is C17H21NO5S. The number of ether oxygens (including phenoxy) is 1. The van der Waals surface area contributed by atoms with E-state index in [0.717, 1.165) is 5.56 Å². The van der Waals surface area contributed by atoms with Crippen LogP contribution in [0.25, 0.3) is 0 Å². The highest BCUT2D eigenvalue weighted by atomic mass is 32.2. The number of rotatable bonds is 4. The van der Waals surface area contributed by atoms with Crippen molar-refractivity contribution >= 4 is 15.9 Å². The molecule has 2 aromatic rings. The summed E-state index contributed by atoms with van der Waals surface area (Å²) < 4.78 is 36.2. The predicted octanol–water partition coefficient (Wildman–Crippen LogP) is 3.59. The monoisotopic (exact) mass is 351 g/mol. The molecule has 1 N–H and O–H groups in total. The van der Waals surface area contributed by atoms with Gasteiger partial charge in [0, 0.05) is 0 Å². The second-order valence-electron chi connectivity index (χ2n) is 6.40. The maximum absolute atomic E-state index is 12.9. The summed E-state index contributed by atoms with van der Waals surface area (Å²) in [5.41, 5.74) is 0.189. The molecule has 0 radical (unpaired) electrons. The molecule has 0 fully saturated rings. The van der Waals surface area contributed by atoms with Gasteiger partial charge in [0.2, 0.25) is 9.84 Å². The topological polar surface area (TPSA) is 85.6 Å². The lowest BCUT2D eigenvalue weighted by molar-refractivity contribution is 0.0515. The number of benzene rings is 1. The van der Waals surface area contributed by atoms with Crippen molar-refractivity contribution < 1.29 is 22.4 Å². The fourth-order valence-corrected chi connectivity index (χ4v) is 3.50. The number of hydrogen-bond donors (Lipinski definition) is 1. The first kappa shape index (κ1) is 18.1. The Morgan fingerprint density at radius 1 is 1.17 bits per heavy atom. The van der Waals surface area contributed by atoms with E-state index >= 15 is 0 Å². The second-order valence-corrected chi connectivity index (χ2v) is 8.43. The maximum Gasteiger partial charge on any atom is 0.409 e. The molecule has 0 saturated heterocycles. The van der Waals surface area contributed by atoms with Gasteiger partial charge in [-0.2, -0.15) is 0 Å². The summed E-state index contributed by atoms with van der Waals surface area (Å²) in [5.74, 6) is 0.112. The summed E-state index contributed by atoms with van der Waals surface area (Å²) in [6.45, 7) is 6.95. The Morgan fingerprint density at radius 3 is 2.29 bits per heavy atom. The van der Waals surface area contributed by atoms with Crippen molar-refractivity contribution in [3.05, 3.63) is 54.0 Å². The van der Waals surface area contributed by atoms with Crippen LogP contribution in [0.4, 0.5) is 4.79 Å². The zero-order valence-corrected chi connectivity index (χ0v) is 14.9. The number of sulfone groups is 1. The smallest absolute Gasteiger partial charge is 0.409 e. The van der Waals surface area contributed by atoms with Gasteiger partial charge in [-0.1, -0.05) is 17.7 Å². The molecule has 0 aliphatic carbocycles. The Kier molecular flexibility index (Phi) is 5.03. The Hall–Kier alpha value is -2.28. The van der Waals surface area contributed by atoms with Gasteiger partial charge in [0.05, 0.1) is 11.2 Å². The van der Waals surface area contributed by atoms with Crippen LogP contribution in [0.3, 0.4) is 0 Å². The van der Waals surface area contributed by atoms with Gasteiger partial charge in [-0.05, 0) is 52.0 Å². The summed E-state index contributed by atoms with van der Waals surface area (Å²) in [4.78, 5) is 12.1. The molecule has 0 aliphatic heterocycles. The number of hydrogen-bond acceptors (Lipinski definition) is 5. The number of aryl methyl sites for hydroxylation is 1. The summed E-state index contributed by atoms with van der Waals surface area (Å²) in [6.07, 6.45) is 0.517. The predicted molar refractivity (Wildman–Crippen MR) is 89.2 cm³/mol. The number of carbonyl (C=O) groups is 1. The van der Waals surface area contributed by atoms with Crippen molar-refractivity contribution in [2.75, 3.05) is 0 Å². The molecule has 2 rings (SSSR count). The zero-order chi connectivity index (χ0) is 18.0. The van der Waals surface area contributed by atoms with E-state index < -0.39 is 26.9 Å². The van der Waals surface area contributed by atoms with Gasteiger partial charge in [0.1, 0.15) is 11.4 Å². The van der Waals surface area contributed by atoms with Gasteiger partial charge in [-0.3, -0.25) is 5.32 Å². The summed E-state index contributed by atoms with van der Waals surface area (Å²) in [5, 5.41) is 1.02. The number of furan rings is 1. The molecule has 0 saturated carbocycles. The molecule has 1 aromatic heterocycles. The molecule has 1 amide bonds. The van der Waals surface area contributed by atoms with E-state index in [-0.39, 0.29) is 10.7 Å². The number of nitrogens with one attached hydrogen (secondary N) is 1. The Morgan fingerprint density at radius 2 is 1.79 bits per heavy atom. The van der Waals surface area contributed by atoms with Crippen LogP contribution in [0.1, 0.15) is 37.5 Å². The minimum absolute atomic E-state index is 0.0885. The van der Waals surface area contributed by atoms with Gasteiger partial charge in [0.25, 0.3) is 0 Å². The molecule has 6 nitrogen and oxygen atoms in total. The fraction of sp³-hybridized carbons (Fsp3) is 0.353. The summed E-state index contributed by atoms with van der Waals surface area (Å²) >= 11 is 0. The van der Waals surface area contributed by atoms with Crippen molar-refractivity contribution in [3.8, 4) is 0 Å². The zero-order valence-electron chi connectivity index (χ0n) is 14.1. The van der Waals surface area contributed by atoms with E-state index in [1.807, 2.05) is 6.92 Å². The quantitative estimate of drug-likeness (QED) is 0.910. The van der Waals surface area contributed by atoms with Gasteiger partial charge in [-0.25, -0.2) is 13.2 Å². The Balaban J connectivity index is 2.36. The van der Waals surface area contributed by atoms with Crippen LogP contribution in [-0.2, 0) is 14.6 Å². The molecule has 0 bridgehead atoms. The molecule has 24 heavy (non-hydrogen) atoms. The first-order valence-corrected chi connectivity index (χ1v) is 8.98. The van der Waals surface area contributed by atoms with E-state index in [0.29, 0.717) is 0 Å². The first-order chi connectivity index (χ1) is 11.1. The SMILES string of the molecule is Cc1ccc(S(=O)(=O)C(NC(=O)OC(C)(C)C)c2ccco2)cc1. The molecule has 1 atom stereocenters. The van der Waals surface area contributed by atoms with Crippen LogP contribution in [0.5, 0.6) is 0 Å². The van der Waals surface area contributed by atoms with Crippen LogP contribution in [0.15, 0.2) is 52.0 Å². The molecule has 1 aromatic carbocycles. The normalized spacial score (nSPS) is 13.3. The Labute approximate surface area is 141 Å². The Bertz CT molecular complexity index is 787. The highest BCUT2D eigenvalue weighted by Gasteiger charge is 2.34. The summed E-state index contributed by atoms with van der Waals surface area (Å²) in [7, 11) is -3.90. The van der Waals surface area contributed by atoms with Crippen LogP contribution in [0.2, 0.25) is 0 Å². The van der Waals surface area contributed by atoms with Gasteiger partial charge in [-0.15, -0.1) is 0 Å². The van der Waals surface area contributed by atoms with Gasteiger partial charge < -0.3 is 9.15 Å². The number of amides is 1. The first-order valence-electron chi connectivity index (χ1n) is 7.43. The average molecular weight is 351 g/mol. The molecule has 0 aliphatic rings. The van der Waals surface area contributed by atoms with Crippen molar-refractivity contribution in [1.82, 2.24) is 5.32 Å². The largest absolute Gasteiger partial charge is 0.466 e. The van der Waals surface area contributed by atoms with Crippen LogP contribution >= 0.6 is 0 Å². The minimum atomic E-state index is -3.90. The molecule has 130 valence electrons. The highest BCUT2D eigenvalue weighted by molar-refractivity contribution is 7.91. The molecule has 1 unspecified atom stereocenters. The summed E-state index contributed by atoms with van der Waals surface area (Å²) in [6, 6.07) is 9.44. The van der Waals surface area contributed by atoms with Crippen molar-refractivity contribution in [1.29, 1.82) is 0 Å². The molecular weight excluding hydrogens is 330 g/mol. The third-order valence-electron chi connectivity index (χ3n) is 3.11. The lowest BCUT2D eigenvalue weighted by Crippen LogP contribution is -2.38. The van der Waals surface area contributed by atoms with E-state index in [1.54, 1.807) is 39.0 Å². The van der Waals surface area contributed by atoms with E-state index in [1.165, 1.54) is 24.5 Å².